The van der Waals surface area contributed by atoms with E-state index in [1.807, 2.05) is 13.8 Å². The van der Waals surface area contributed by atoms with E-state index in [1.165, 1.54) is 0 Å². The van der Waals surface area contributed by atoms with Gasteiger partial charge in [-0.3, -0.25) is 24.0 Å². The zero-order chi connectivity index (χ0) is 52.5. The van der Waals surface area contributed by atoms with Gasteiger partial charge in [-0.25, -0.2) is 9.59 Å². The number of carbonyl (C=O) groups is 7. The number of hydrogen-bond donors (Lipinski definition) is 7. The van der Waals surface area contributed by atoms with Crippen LogP contribution < -0.4 is 50.8 Å². The number of fused-ring (bicyclic) bond motifs is 2. The number of nitrogens with one attached hydrogen (secondary N) is 6. The molecular formula is C52H74N8O14. The van der Waals surface area contributed by atoms with Gasteiger partial charge in [0.05, 0.1) is 38.5 Å². The van der Waals surface area contributed by atoms with Crippen LogP contribution in [0.3, 0.4) is 0 Å². The van der Waals surface area contributed by atoms with Crippen molar-refractivity contribution in [2.24, 2.45) is 0 Å². The predicted octanol–water partition coefficient (Wildman–Crippen LogP) is 4.48. The summed E-state index contributed by atoms with van der Waals surface area (Å²) in [6.45, 7) is 7.91. The first-order valence-electron chi connectivity index (χ1n) is 26.4. The summed E-state index contributed by atoms with van der Waals surface area (Å²) in [5.74, 6) is -0.813. The first-order valence-corrected chi connectivity index (χ1v) is 26.4. The third kappa shape index (κ3) is 14.5. The van der Waals surface area contributed by atoms with E-state index in [2.05, 4.69) is 31.9 Å². The molecule has 22 nitrogen and oxygen atoms in total. The number of aliphatic hydroxyl groups is 1. The minimum absolute atomic E-state index is 0.0978. The quantitative estimate of drug-likeness (QED) is 0.102. The van der Waals surface area contributed by atoms with Gasteiger partial charge in [0.2, 0.25) is 31.2 Å². The van der Waals surface area contributed by atoms with Gasteiger partial charge in [-0.05, 0) is 62.8 Å². The number of morpholine rings is 2. The molecular weight excluding hydrogens is 961 g/mol. The number of ketones is 1. The fraction of sp³-hybridized carbons (Fsp3) is 0.635. The molecule has 2 saturated heterocycles. The first kappa shape index (κ1) is 55.4. The van der Waals surface area contributed by atoms with E-state index in [-0.39, 0.29) is 31.6 Å². The molecule has 0 bridgehead atoms. The van der Waals surface area contributed by atoms with Crippen LogP contribution in [0.2, 0.25) is 0 Å². The van der Waals surface area contributed by atoms with E-state index in [0.717, 1.165) is 51.4 Å². The van der Waals surface area contributed by atoms with E-state index >= 15 is 0 Å². The van der Waals surface area contributed by atoms with Crippen molar-refractivity contribution in [2.45, 2.75) is 146 Å². The number of rotatable bonds is 18. The summed E-state index contributed by atoms with van der Waals surface area (Å²) < 4.78 is 31.9. The number of unbranched alkanes of at least 4 members (excludes halogenated alkanes) is 2. The Kier molecular flexibility index (Phi) is 20.0. The standard InChI is InChI=1S/C26H38N4O7.C26H36N4O7/c2*1-2-3-7-19(22(31)23(32)27-18-8-9-20-21(16-18)37-17-36-20)28-24(33)26(10-5-4-6-11-26)29-25(34)30-12-14-35-15-13-30/h8-9,16,19,22,31H,2-7,10-15,17H2,1H3,(H,27,32)(H,28,33)(H,29,34);8-9,16,19H,2-7,10-15,17H2,1H3,(H,27,32)(H,28,33)(H,29,34)/t19-,22-;19-/m00/s1. The molecule has 6 aliphatic rings. The summed E-state index contributed by atoms with van der Waals surface area (Å²) in [4.78, 5) is 95.6. The lowest BCUT2D eigenvalue weighted by atomic mass is 9.80. The van der Waals surface area contributed by atoms with Crippen molar-refractivity contribution < 1.29 is 67.1 Å². The summed E-state index contributed by atoms with van der Waals surface area (Å²) in [6.07, 6.45) is 9.39. The van der Waals surface area contributed by atoms with Crippen LogP contribution in [0.1, 0.15) is 117 Å². The fourth-order valence-electron chi connectivity index (χ4n) is 9.94. The van der Waals surface area contributed by atoms with Crippen molar-refractivity contribution in [1.82, 2.24) is 31.1 Å². The Morgan fingerprint density at radius 2 is 1.03 bits per heavy atom. The molecule has 406 valence electrons. The Morgan fingerprint density at radius 1 is 0.581 bits per heavy atom. The molecule has 3 atom stereocenters. The molecule has 4 fully saturated rings. The lowest BCUT2D eigenvalue weighted by Gasteiger charge is -2.40. The SMILES string of the molecule is CCCC[C@H](NC(=O)C1(NC(=O)N2CCOCC2)CCCCC1)C(=O)C(=O)Nc1ccc2c(c1)OCO2.CCCC[C@H](NC(=O)C1(NC(=O)N2CCOCC2)CCCCC1)[C@H](O)C(=O)Nc1ccc2c(c1)OCO2. The van der Waals surface area contributed by atoms with Gasteiger partial charge in [0.15, 0.2) is 29.1 Å². The Bertz CT molecular complexity index is 2280. The number of carbonyl (C=O) groups excluding carboxylic acids is 7. The third-order valence-corrected chi connectivity index (χ3v) is 14.4. The second-order valence-electron chi connectivity index (χ2n) is 19.6. The van der Waals surface area contributed by atoms with Gasteiger partial charge in [-0.1, -0.05) is 78.1 Å². The number of aliphatic hydroxyl groups excluding tert-OH is 1. The Morgan fingerprint density at radius 3 is 1.51 bits per heavy atom. The summed E-state index contributed by atoms with van der Waals surface area (Å²) in [5, 5.41) is 28.0. The largest absolute Gasteiger partial charge is 0.454 e. The normalized spacial score (nSPS) is 19.5. The highest BCUT2D eigenvalue weighted by molar-refractivity contribution is 6.42. The van der Waals surface area contributed by atoms with E-state index < -0.39 is 52.8 Å². The Balaban J connectivity index is 0.000000216. The van der Waals surface area contributed by atoms with Crippen LogP contribution in [0.25, 0.3) is 0 Å². The molecule has 0 radical (unpaired) electrons. The molecule has 0 aromatic heterocycles. The molecule has 74 heavy (non-hydrogen) atoms. The van der Waals surface area contributed by atoms with Crippen molar-refractivity contribution in [3.8, 4) is 23.0 Å². The number of ether oxygens (including phenoxy) is 6. The summed E-state index contributed by atoms with van der Waals surface area (Å²) in [6, 6.07) is 7.45. The van der Waals surface area contributed by atoms with E-state index in [1.54, 1.807) is 46.2 Å². The van der Waals surface area contributed by atoms with Crippen LogP contribution in [0.15, 0.2) is 36.4 Å². The van der Waals surface area contributed by atoms with E-state index in [9.17, 15) is 38.7 Å². The highest BCUT2D eigenvalue weighted by Crippen LogP contribution is 2.36. The number of nitrogens with zero attached hydrogens (tertiary/aromatic N) is 2. The number of Topliss-reactive ketones (excluding diaryl/α,β-unsaturated/α-hetero) is 1. The number of benzene rings is 2. The average molecular weight is 1040 g/mol. The molecule has 4 aliphatic heterocycles. The number of urea groups is 2. The minimum atomic E-state index is -1.48. The maximum Gasteiger partial charge on any atom is 0.318 e. The van der Waals surface area contributed by atoms with Gasteiger partial charge in [-0.15, -0.1) is 0 Å². The number of anilines is 2. The molecule has 22 heteroatoms. The highest BCUT2D eigenvalue weighted by Gasteiger charge is 2.45. The van der Waals surface area contributed by atoms with Crippen molar-refractivity contribution in [1.29, 1.82) is 0 Å². The second kappa shape index (κ2) is 26.7. The molecule has 7 N–H and O–H groups in total. The van der Waals surface area contributed by atoms with Crippen LogP contribution in [-0.4, -0.2) is 152 Å². The zero-order valence-corrected chi connectivity index (χ0v) is 42.7. The molecule has 0 unspecified atom stereocenters. The van der Waals surface area contributed by atoms with Crippen LogP contribution in [0, 0.1) is 0 Å². The predicted molar refractivity (Wildman–Crippen MR) is 270 cm³/mol. The van der Waals surface area contributed by atoms with Gasteiger partial charge in [0.1, 0.15) is 11.1 Å². The van der Waals surface area contributed by atoms with Crippen molar-refractivity contribution in [3.63, 3.8) is 0 Å². The van der Waals surface area contributed by atoms with Crippen molar-refractivity contribution >= 4 is 52.8 Å². The molecule has 0 spiro atoms. The van der Waals surface area contributed by atoms with Crippen LogP contribution >= 0.6 is 0 Å². The fourth-order valence-corrected chi connectivity index (χ4v) is 9.94. The summed E-state index contributed by atoms with van der Waals surface area (Å²) >= 11 is 0. The lowest BCUT2D eigenvalue weighted by Crippen LogP contribution is -2.65. The van der Waals surface area contributed by atoms with Crippen LogP contribution in [0.4, 0.5) is 21.0 Å². The van der Waals surface area contributed by atoms with E-state index in [4.69, 9.17) is 28.4 Å². The maximum absolute atomic E-state index is 13.7. The molecule has 8 rings (SSSR count). The molecule has 2 aromatic rings. The smallest absolute Gasteiger partial charge is 0.318 e. The monoisotopic (exact) mass is 1030 g/mol. The molecule has 8 amide bonds. The highest BCUT2D eigenvalue weighted by atomic mass is 16.7. The number of hydrogen-bond acceptors (Lipinski definition) is 14. The Hall–Kier alpha value is -6.39. The second-order valence-corrected chi connectivity index (χ2v) is 19.6. The summed E-state index contributed by atoms with van der Waals surface area (Å²) in [5.41, 5.74) is -1.35. The van der Waals surface area contributed by atoms with Gasteiger partial charge in [-0.2, -0.15) is 0 Å². The summed E-state index contributed by atoms with van der Waals surface area (Å²) in [7, 11) is 0. The van der Waals surface area contributed by atoms with Gasteiger partial charge >= 0.3 is 12.1 Å². The molecule has 2 aliphatic carbocycles. The molecule has 2 aromatic carbocycles. The average Bonchev–Trinajstić information content (AvgIpc) is 4.11. The topological polar surface area (TPSA) is 274 Å². The minimum Gasteiger partial charge on any atom is -0.454 e. The Labute approximate surface area is 431 Å². The van der Waals surface area contributed by atoms with Crippen molar-refractivity contribution in [2.75, 3.05) is 76.8 Å². The number of amides is 8. The first-order chi connectivity index (χ1) is 35.8. The van der Waals surface area contributed by atoms with E-state index in [0.29, 0.717) is 138 Å². The van der Waals surface area contributed by atoms with Crippen LogP contribution in [-0.2, 0) is 33.4 Å². The van der Waals surface area contributed by atoms with Gasteiger partial charge < -0.3 is 75.2 Å². The van der Waals surface area contributed by atoms with Gasteiger partial charge in [0, 0.05) is 49.7 Å². The molecule has 2 saturated carbocycles. The van der Waals surface area contributed by atoms with Gasteiger partial charge in [0.25, 0.3) is 11.8 Å². The third-order valence-electron chi connectivity index (χ3n) is 14.4. The molecule has 4 heterocycles. The van der Waals surface area contributed by atoms with Crippen molar-refractivity contribution in [3.05, 3.63) is 36.4 Å². The maximum atomic E-state index is 13.7. The zero-order valence-electron chi connectivity index (χ0n) is 42.7. The van der Waals surface area contributed by atoms with Crippen LogP contribution in [0.5, 0.6) is 23.0 Å². The lowest BCUT2D eigenvalue weighted by molar-refractivity contribution is -0.138.